The summed E-state index contributed by atoms with van der Waals surface area (Å²) in [6.07, 6.45) is 3.02. The fourth-order valence-electron chi connectivity index (χ4n) is 3.43. The van der Waals surface area contributed by atoms with Crippen LogP contribution in [-0.2, 0) is 9.59 Å². The Morgan fingerprint density at radius 1 is 1.22 bits per heavy atom. The van der Waals surface area contributed by atoms with E-state index in [2.05, 4.69) is 5.32 Å². The van der Waals surface area contributed by atoms with Gasteiger partial charge in [-0.3, -0.25) is 9.59 Å². The van der Waals surface area contributed by atoms with Gasteiger partial charge in [0.1, 0.15) is 11.6 Å². The molecular formula is C17H20FNO4. The van der Waals surface area contributed by atoms with E-state index in [4.69, 9.17) is 9.84 Å². The lowest BCUT2D eigenvalue weighted by Crippen LogP contribution is -2.33. The highest BCUT2D eigenvalue weighted by Gasteiger charge is 2.35. The fourth-order valence-corrected chi connectivity index (χ4v) is 3.43. The van der Waals surface area contributed by atoms with Crippen LogP contribution in [0.2, 0.25) is 0 Å². The van der Waals surface area contributed by atoms with E-state index in [0.717, 1.165) is 18.4 Å². The molecule has 1 aromatic rings. The summed E-state index contributed by atoms with van der Waals surface area (Å²) >= 11 is 0. The van der Waals surface area contributed by atoms with Crippen LogP contribution in [0.1, 0.15) is 43.7 Å². The number of hydrogen-bond donors (Lipinski definition) is 2. The van der Waals surface area contributed by atoms with E-state index in [1.807, 2.05) is 0 Å². The van der Waals surface area contributed by atoms with Gasteiger partial charge in [0.05, 0.1) is 18.6 Å². The van der Waals surface area contributed by atoms with E-state index in [1.165, 1.54) is 12.1 Å². The molecule has 0 saturated heterocycles. The summed E-state index contributed by atoms with van der Waals surface area (Å²) in [6.45, 7) is 0.493. The molecule has 0 radical (unpaired) electrons. The second-order valence-corrected chi connectivity index (χ2v) is 6.28. The molecule has 1 heterocycles. The topological polar surface area (TPSA) is 75.6 Å². The molecule has 6 heteroatoms. The van der Waals surface area contributed by atoms with Crippen molar-refractivity contribution < 1.29 is 23.8 Å². The average molecular weight is 321 g/mol. The van der Waals surface area contributed by atoms with Crippen molar-refractivity contribution in [3.63, 3.8) is 0 Å². The summed E-state index contributed by atoms with van der Waals surface area (Å²) in [5.74, 6) is -1.52. The molecule has 1 aliphatic heterocycles. The molecule has 124 valence electrons. The number of halogens is 1. The minimum atomic E-state index is -0.830. The smallest absolute Gasteiger partial charge is 0.306 e. The van der Waals surface area contributed by atoms with Crippen LogP contribution in [0.25, 0.3) is 0 Å². The minimum Gasteiger partial charge on any atom is -0.493 e. The van der Waals surface area contributed by atoms with Gasteiger partial charge < -0.3 is 15.2 Å². The summed E-state index contributed by atoms with van der Waals surface area (Å²) < 4.78 is 18.9. The zero-order chi connectivity index (χ0) is 16.4. The van der Waals surface area contributed by atoms with Crippen LogP contribution < -0.4 is 10.1 Å². The van der Waals surface area contributed by atoms with E-state index in [-0.39, 0.29) is 23.7 Å². The van der Waals surface area contributed by atoms with Crippen molar-refractivity contribution in [1.29, 1.82) is 0 Å². The van der Waals surface area contributed by atoms with Gasteiger partial charge in [0.25, 0.3) is 0 Å². The van der Waals surface area contributed by atoms with Crippen molar-refractivity contribution in [2.45, 2.75) is 38.1 Å². The van der Waals surface area contributed by atoms with E-state index in [9.17, 15) is 14.0 Å². The molecule has 2 N–H and O–H groups in total. The number of benzene rings is 1. The Bertz CT molecular complexity index is 619. The van der Waals surface area contributed by atoms with Gasteiger partial charge in [-0.05, 0) is 38.2 Å². The third-order valence-electron chi connectivity index (χ3n) is 4.71. The Labute approximate surface area is 133 Å². The summed E-state index contributed by atoms with van der Waals surface area (Å²) in [6, 6.07) is 4.14. The number of carboxylic acid groups (broad SMARTS) is 1. The number of carbonyl (C=O) groups excluding carboxylic acids is 1. The molecular weight excluding hydrogens is 301 g/mol. The van der Waals surface area contributed by atoms with Gasteiger partial charge in [-0.1, -0.05) is 6.07 Å². The lowest BCUT2D eigenvalue weighted by molar-refractivity contribution is -0.141. The lowest BCUT2D eigenvalue weighted by atomic mass is 9.99. The van der Waals surface area contributed by atoms with Crippen LogP contribution in [0.15, 0.2) is 18.2 Å². The van der Waals surface area contributed by atoms with E-state index in [0.29, 0.717) is 31.6 Å². The van der Waals surface area contributed by atoms with E-state index in [1.54, 1.807) is 6.07 Å². The Morgan fingerprint density at radius 3 is 2.74 bits per heavy atom. The standard InChI is InChI=1S/C17H20FNO4/c18-12-5-6-13-14(2-1-7-23-15(13)9-12)19-16(20)10-3-4-11(8-10)17(21)22/h5-6,9-11,14H,1-4,7-8H2,(H,19,20)(H,21,22)/t10-,11+,14?/m0/s1. The number of carbonyl (C=O) groups is 2. The largest absolute Gasteiger partial charge is 0.493 e. The van der Waals surface area contributed by atoms with Gasteiger partial charge in [0, 0.05) is 17.5 Å². The maximum Gasteiger partial charge on any atom is 0.306 e. The zero-order valence-corrected chi connectivity index (χ0v) is 12.8. The fraction of sp³-hybridized carbons (Fsp3) is 0.529. The molecule has 1 saturated carbocycles. The predicted octanol–water partition coefficient (Wildman–Crippen LogP) is 2.66. The first-order valence-corrected chi connectivity index (χ1v) is 8.00. The van der Waals surface area contributed by atoms with Crippen LogP contribution >= 0.6 is 0 Å². The maximum atomic E-state index is 13.4. The van der Waals surface area contributed by atoms with E-state index >= 15 is 0 Å². The van der Waals surface area contributed by atoms with Crippen molar-refractivity contribution >= 4 is 11.9 Å². The molecule has 1 amide bonds. The first kappa shape index (κ1) is 15.8. The SMILES string of the molecule is O=C(O)[C@@H]1CC[C@H](C(=O)NC2CCCOc3cc(F)ccc32)C1. The summed E-state index contributed by atoms with van der Waals surface area (Å²) in [5, 5.41) is 12.0. The molecule has 3 rings (SSSR count). The average Bonchev–Trinajstić information content (AvgIpc) is 2.93. The highest BCUT2D eigenvalue weighted by Crippen LogP contribution is 2.35. The number of fused-ring (bicyclic) bond motifs is 1. The number of aliphatic carboxylic acids is 1. The van der Waals surface area contributed by atoms with Crippen molar-refractivity contribution in [2.75, 3.05) is 6.61 Å². The van der Waals surface area contributed by atoms with Crippen molar-refractivity contribution in [3.8, 4) is 5.75 Å². The molecule has 1 aromatic carbocycles. The van der Waals surface area contributed by atoms with Crippen molar-refractivity contribution in [1.82, 2.24) is 5.32 Å². The number of ether oxygens (including phenoxy) is 1. The second kappa shape index (κ2) is 6.56. The van der Waals surface area contributed by atoms with Crippen LogP contribution in [0.3, 0.4) is 0 Å². The van der Waals surface area contributed by atoms with Crippen molar-refractivity contribution in [2.24, 2.45) is 11.8 Å². The normalized spacial score (nSPS) is 26.7. The number of rotatable bonds is 3. The molecule has 23 heavy (non-hydrogen) atoms. The lowest BCUT2D eigenvalue weighted by Gasteiger charge is -2.20. The Hall–Kier alpha value is -2.11. The van der Waals surface area contributed by atoms with Gasteiger partial charge in [-0.2, -0.15) is 0 Å². The third-order valence-corrected chi connectivity index (χ3v) is 4.71. The van der Waals surface area contributed by atoms with Gasteiger partial charge in [-0.25, -0.2) is 4.39 Å². The van der Waals surface area contributed by atoms with Gasteiger partial charge >= 0.3 is 5.97 Å². The van der Waals surface area contributed by atoms with Gasteiger partial charge in [0.2, 0.25) is 5.91 Å². The zero-order valence-electron chi connectivity index (χ0n) is 12.8. The van der Waals surface area contributed by atoms with Crippen LogP contribution in [0.4, 0.5) is 4.39 Å². The molecule has 3 atom stereocenters. The molecule has 1 aliphatic carbocycles. The molecule has 0 bridgehead atoms. The van der Waals surface area contributed by atoms with Gasteiger partial charge in [0.15, 0.2) is 0 Å². The first-order valence-electron chi connectivity index (χ1n) is 8.00. The highest BCUT2D eigenvalue weighted by molar-refractivity contribution is 5.81. The summed E-state index contributed by atoms with van der Waals surface area (Å²) in [7, 11) is 0. The number of amides is 1. The minimum absolute atomic E-state index is 0.115. The molecule has 2 aliphatic rings. The molecule has 0 spiro atoms. The number of carboxylic acids is 1. The maximum absolute atomic E-state index is 13.4. The monoisotopic (exact) mass is 321 g/mol. The molecule has 5 nitrogen and oxygen atoms in total. The summed E-state index contributed by atoms with van der Waals surface area (Å²) in [5.41, 5.74) is 0.782. The molecule has 0 aromatic heterocycles. The quantitative estimate of drug-likeness (QED) is 0.897. The first-order chi connectivity index (χ1) is 11.0. The van der Waals surface area contributed by atoms with Crippen LogP contribution in [-0.4, -0.2) is 23.6 Å². The van der Waals surface area contributed by atoms with Crippen molar-refractivity contribution in [3.05, 3.63) is 29.6 Å². The van der Waals surface area contributed by atoms with Crippen LogP contribution in [0, 0.1) is 17.7 Å². The third kappa shape index (κ3) is 3.46. The number of hydrogen-bond acceptors (Lipinski definition) is 3. The summed E-state index contributed by atoms with van der Waals surface area (Å²) in [4.78, 5) is 23.5. The Balaban J connectivity index is 1.70. The predicted molar refractivity (Wildman–Crippen MR) is 80.5 cm³/mol. The molecule has 1 fully saturated rings. The van der Waals surface area contributed by atoms with E-state index < -0.39 is 11.9 Å². The Kier molecular flexibility index (Phi) is 4.50. The Morgan fingerprint density at radius 2 is 2.00 bits per heavy atom. The number of nitrogens with one attached hydrogen (secondary N) is 1. The molecule has 1 unspecified atom stereocenters. The highest BCUT2D eigenvalue weighted by atomic mass is 19.1. The van der Waals surface area contributed by atoms with Gasteiger partial charge in [-0.15, -0.1) is 0 Å². The van der Waals surface area contributed by atoms with Crippen LogP contribution in [0.5, 0.6) is 5.75 Å². The second-order valence-electron chi connectivity index (χ2n) is 6.28.